The lowest BCUT2D eigenvalue weighted by Gasteiger charge is -2.11. The second-order valence-electron chi connectivity index (χ2n) is 5.13. The molecule has 0 saturated carbocycles. The Bertz CT molecular complexity index is 970. The minimum atomic E-state index is -1.23. The monoisotopic (exact) mass is 327 g/mol. The van der Waals surface area contributed by atoms with Crippen molar-refractivity contribution in [1.82, 2.24) is 0 Å². The van der Waals surface area contributed by atoms with Gasteiger partial charge in [0.1, 0.15) is 11.6 Å². The Morgan fingerprint density at radius 1 is 0.875 bits per heavy atom. The van der Waals surface area contributed by atoms with E-state index >= 15 is 0 Å². The van der Waals surface area contributed by atoms with Crippen LogP contribution in [0.25, 0.3) is 10.8 Å². The first-order valence-corrected chi connectivity index (χ1v) is 6.98. The predicted octanol–water partition coefficient (Wildman–Crippen LogP) is 4.07. The molecule has 2 N–H and O–H groups in total. The van der Waals surface area contributed by atoms with Crippen LogP contribution in [0.4, 0.5) is 14.5 Å². The number of carboxylic acid groups (broad SMARTS) is 1. The fourth-order valence-electron chi connectivity index (χ4n) is 2.38. The Morgan fingerprint density at radius 3 is 2.17 bits per heavy atom. The average Bonchev–Trinajstić information content (AvgIpc) is 2.53. The average molecular weight is 327 g/mol. The third kappa shape index (κ3) is 2.94. The Balaban J connectivity index is 2.03. The first-order valence-electron chi connectivity index (χ1n) is 6.98. The van der Waals surface area contributed by atoms with Crippen LogP contribution in [0.1, 0.15) is 20.7 Å². The van der Waals surface area contributed by atoms with Gasteiger partial charge in [0.15, 0.2) is 0 Å². The summed E-state index contributed by atoms with van der Waals surface area (Å²) in [6.45, 7) is 0. The number of halogens is 2. The standard InChI is InChI=1S/C18H11F2NO3/c19-12-5-6-13(15(20)9-12)17(22)21-16-8-11-4-2-1-3-10(11)7-14(16)18(23)24/h1-9H,(H,21,22)(H,23,24). The fourth-order valence-corrected chi connectivity index (χ4v) is 2.38. The summed E-state index contributed by atoms with van der Waals surface area (Å²) in [5.74, 6) is -3.91. The third-order valence-electron chi connectivity index (χ3n) is 3.54. The van der Waals surface area contributed by atoms with Gasteiger partial charge in [-0.2, -0.15) is 0 Å². The maximum Gasteiger partial charge on any atom is 0.337 e. The number of aromatic carboxylic acids is 1. The lowest BCUT2D eigenvalue weighted by atomic mass is 10.0. The molecular weight excluding hydrogens is 316 g/mol. The van der Waals surface area contributed by atoms with Crippen LogP contribution >= 0.6 is 0 Å². The number of nitrogens with one attached hydrogen (secondary N) is 1. The van der Waals surface area contributed by atoms with E-state index in [0.717, 1.165) is 17.5 Å². The Labute approximate surface area is 135 Å². The molecule has 0 heterocycles. The second-order valence-corrected chi connectivity index (χ2v) is 5.13. The summed E-state index contributed by atoms with van der Waals surface area (Å²) in [5, 5.41) is 13.1. The third-order valence-corrected chi connectivity index (χ3v) is 3.54. The smallest absolute Gasteiger partial charge is 0.337 e. The first-order chi connectivity index (χ1) is 11.5. The van der Waals surface area contributed by atoms with Gasteiger partial charge in [-0.25, -0.2) is 13.6 Å². The number of carbonyl (C=O) groups is 2. The molecule has 1 amide bonds. The van der Waals surface area contributed by atoms with Gasteiger partial charge in [-0.1, -0.05) is 24.3 Å². The van der Waals surface area contributed by atoms with Crippen LogP contribution in [0.2, 0.25) is 0 Å². The van der Waals surface area contributed by atoms with E-state index in [0.29, 0.717) is 11.5 Å². The molecule has 0 fully saturated rings. The molecule has 0 unspecified atom stereocenters. The molecule has 0 aliphatic rings. The number of amides is 1. The summed E-state index contributed by atoms with van der Waals surface area (Å²) in [5.41, 5.74) is -0.458. The van der Waals surface area contributed by atoms with Gasteiger partial charge in [-0.3, -0.25) is 4.79 Å². The van der Waals surface area contributed by atoms with Gasteiger partial charge in [-0.05, 0) is 35.0 Å². The minimum absolute atomic E-state index is 0.0370. The van der Waals surface area contributed by atoms with E-state index in [1.165, 1.54) is 12.1 Å². The van der Waals surface area contributed by atoms with Crippen LogP contribution in [0.15, 0.2) is 54.6 Å². The molecule has 6 heteroatoms. The van der Waals surface area contributed by atoms with Crippen LogP contribution in [0, 0.1) is 11.6 Å². The van der Waals surface area contributed by atoms with Crippen molar-refractivity contribution in [2.24, 2.45) is 0 Å². The Hall–Kier alpha value is -3.28. The largest absolute Gasteiger partial charge is 0.478 e. The summed E-state index contributed by atoms with van der Waals surface area (Å²) in [6.07, 6.45) is 0. The van der Waals surface area contributed by atoms with Crippen LogP contribution < -0.4 is 5.32 Å². The molecule has 0 aromatic heterocycles. The van der Waals surface area contributed by atoms with Crippen molar-refractivity contribution in [2.75, 3.05) is 5.32 Å². The molecule has 0 aliphatic heterocycles. The van der Waals surface area contributed by atoms with Crippen LogP contribution in [0.5, 0.6) is 0 Å². The zero-order valence-corrected chi connectivity index (χ0v) is 12.2. The molecule has 0 radical (unpaired) electrons. The van der Waals surface area contributed by atoms with E-state index in [4.69, 9.17) is 0 Å². The van der Waals surface area contributed by atoms with Crippen LogP contribution in [-0.4, -0.2) is 17.0 Å². The first kappa shape index (κ1) is 15.6. The van der Waals surface area contributed by atoms with E-state index in [-0.39, 0.29) is 16.8 Å². The quantitative estimate of drug-likeness (QED) is 0.762. The zero-order valence-electron chi connectivity index (χ0n) is 12.2. The van der Waals surface area contributed by atoms with Gasteiger partial charge in [0.25, 0.3) is 5.91 Å². The molecule has 0 bridgehead atoms. The highest BCUT2D eigenvalue weighted by Crippen LogP contribution is 2.25. The lowest BCUT2D eigenvalue weighted by Crippen LogP contribution is -2.16. The predicted molar refractivity (Wildman–Crippen MR) is 85.2 cm³/mol. The van der Waals surface area contributed by atoms with Crippen molar-refractivity contribution in [1.29, 1.82) is 0 Å². The summed E-state index contributed by atoms with van der Waals surface area (Å²) >= 11 is 0. The van der Waals surface area contributed by atoms with Crippen molar-refractivity contribution in [3.63, 3.8) is 0 Å². The number of hydrogen-bond acceptors (Lipinski definition) is 2. The molecule has 0 spiro atoms. The van der Waals surface area contributed by atoms with E-state index in [1.807, 2.05) is 0 Å². The maximum absolute atomic E-state index is 13.7. The van der Waals surface area contributed by atoms with Crippen LogP contribution in [0.3, 0.4) is 0 Å². The van der Waals surface area contributed by atoms with E-state index in [1.54, 1.807) is 24.3 Å². The van der Waals surface area contributed by atoms with Gasteiger partial charge in [0.05, 0.1) is 16.8 Å². The number of carbonyl (C=O) groups excluding carboxylic acids is 1. The van der Waals surface area contributed by atoms with Crippen molar-refractivity contribution in [2.45, 2.75) is 0 Å². The van der Waals surface area contributed by atoms with Crippen molar-refractivity contribution in [3.8, 4) is 0 Å². The fraction of sp³-hybridized carbons (Fsp3) is 0. The molecule has 120 valence electrons. The molecule has 4 nitrogen and oxygen atoms in total. The highest BCUT2D eigenvalue weighted by atomic mass is 19.1. The molecule has 3 rings (SSSR count). The molecule has 24 heavy (non-hydrogen) atoms. The van der Waals surface area contributed by atoms with E-state index < -0.39 is 23.5 Å². The maximum atomic E-state index is 13.7. The number of anilines is 1. The van der Waals surface area contributed by atoms with Gasteiger partial charge in [0, 0.05) is 6.07 Å². The summed E-state index contributed by atoms with van der Waals surface area (Å²) in [4.78, 5) is 23.6. The van der Waals surface area contributed by atoms with Crippen molar-refractivity contribution >= 4 is 28.3 Å². The molecule has 0 atom stereocenters. The number of fused-ring (bicyclic) bond motifs is 1. The van der Waals surface area contributed by atoms with Crippen molar-refractivity contribution in [3.05, 3.63) is 77.4 Å². The number of hydrogen-bond donors (Lipinski definition) is 2. The highest BCUT2D eigenvalue weighted by Gasteiger charge is 2.17. The highest BCUT2D eigenvalue weighted by molar-refractivity contribution is 6.10. The molecule has 3 aromatic rings. The van der Waals surface area contributed by atoms with Crippen molar-refractivity contribution < 1.29 is 23.5 Å². The SMILES string of the molecule is O=C(Nc1cc2ccccc2cc1C(=O)O)c1ccc(F)cc1F. The Kier molecular flexibility index (Phi) is 3.95. The summed E-state index contributed by atoms with van der Waals surface area (Å²) in [6, 6.07) is 12.5. The molecule has 3 aromatic carbocycles. The number of benzene rings is 3. The van der Waals surface area contributed by atoms with E-state index in [2.05, 4.69) is 5.32 Å². The Morgan fingerprint density at radius 2 is 1.54 bits per heavy atom. The van der Waals surface area contributed by atoms with E-state index in [9.17, 15) is 23.5 Å². The normalized spacial score (nSPS) is 10.6. The molecular formula is C18H11F2NO3. The molecule has 0 saturated heterocycles. The van der Waals surface area contributed by atoms with Gasteiger partial charge in [-0.15, -0.1) is 0 Å². The van der Waals surface area contributed by atoms with Gasteiger partial charge in [0.2, 0.25) is 0 Å². The van der Waals surface area contributed by atoms with Gasteiger partial charge < -0.3 is 10.4 Å². The summed E-state index contributed by atoms with van der Waals surface area (Å²) in [7, 11) is 0. The lowest BCUT2D eigenvalue weighted by molar-refractivity contribution is 0.0698. The number of carboxylic acids is 1. The zero-order chi connectivity index (χ0) is 17.3. The number of rotatable bonds is 3. The van der Waals surface area contributed by atoms with Gasteiger partial charge >= 0.3 is 5.97 Å². The minimum Gasteiger partial charge on any atom is -0.478 e. The summed E-state index contributed by atoms with van der Waals surface area (Å²) < 4.78 is 26.6. The molecule has 0 aliphatic carbocycles. The topological polar surface area (TPSA) is 66.4 Å². The van der Waals surface area contributed by atoms with Crippen LogP contribution in [-0.2, 0) is 0 Å². The second kappa shape index (κ2) is 6.08.